The van der Waals surface area contributed by atoms with Crippen LogP contribution in [0.15, 0.2) is 82.8 Å². The molecule has 194 valence electrons. The number of benzene rings is 3. The maximum Gasteiger partial charge on any atom is 0.336 e. The van der Waals surface area contributed by atoms with Gasteiger partial charge in [0, 0.05) is 12.0 Å². The number of carbonyl (C=O) groups excluding carboxylic acids is 1. The first-order valence-corrected chi connectivity index (χ1v) is 13.5. The van der Waals surface area contributed by atoms with Crippen molar-refractivity contribution in [1.82, 2.24) is 10.3 Å². The molecule has 38 heavy (non-hydrogen) atoms. The Balaban J connectivity index is 1.34. The molecule has 7 nitrogen and oxygen atoms in total. The van der Waals surface area contributed by atoms with Crippen molar-refractivity contribution in [3.8, 4) is 17.2 Å². The van der Waals surface area contributed by atoms with Crippen molar-refractivity contribution < 1.29 is 19.0 Å². The third-order valence-electron chi connectivity index (χ3n) is 6.65. The first-order valence-electron chi connectivity index (χ1n) is 12.7. The number of hydrazone groups is 1. The van der Waals surface area contributed by atoms with Gasteiger partial charge in [0.15, 0.2) is 11.5 Å². The van der Waals surface area contributed by atoms with Crippen LogP contribution in [0.3, 0.4) is 0 Å². The van der Waals surface area contributed by atoms with Gasteiger partial charge in [-0.25, -0.2) is 5.01 Å². The average molecular weight is 528 g/mol. The van der Waals surface area contributed by atoms with Gasteiger partial charge in [-0.3, -0.25) is 10.1 Å². The molecule has 8 heteroatoms. The highest BCUT2D eigenvalue weighted by Gasteiger charge is 2.57. The molecule has 3 aromatic rings. The first kappa shape index (κ1) is 24.4. The zero-order valence-electron chi connectivity index (χ0n) is 21.5. The van der Waals surface area contributed by atoms with E-state index in [4.69, 9.17) is 19.3 Å². The van der Waals surface area contributed by atoms with E-state index in [0.29, 0.717) is 28.9 Å². The number of amides is 1. The Morgan fingerprint density at radius 1 is 1.13 bits per heavy atom. The lowest BCUT2D eigenvalue weighted by atomic mass is 9.97. The minimum atomic E-state index is -1.18. The fraction of sp³-hybridized carbons (Fsp3) is 0.267. The molecule has 0 aromatic heterocycles. The third-order valence-corrected chi connectivity index (χ3v) is 7.82. The summed E-state index contributed by atoms with van der Waals surface area (Å²) < 4.78 is 17.9. The van der Waals surface area contributed by atoms with Crippen molar-refractivity contribution >= 4 is 29.5 Å². The predicted molar refractivity (Wildman–Crippen MR) is 149 cm³/mol. The van der Waals surface area contributed by atoms with E-state index in [1.165, 1.54) is 11.8 Å². The molecule has 2 atom stereocenters. The molecule has 1 N–H and O–H groups in total. The topological polar surface area (TPSA) is 72.4 Å². The van der Waals surface area contributed by atoms with Crippen molar-refractivity contribution in [2.45, 2.75) is 31.5 Å². The number of para-hydroxylation sites is 1. The maximum absolute atomic E-state index is 13.3. The third kappa shape index (κ3) is 4.39. The predicted octanol–water partition coefficient (Wildman–Crippen LogP) is 5.79. The van der Waals surface area contributed by atoms with Crippen LogP contribution in [0.1, 0.15) is 43.0 Å². The van der Waals surface area contributed by atoms with Crippen molar-refractivity contribution in [3.05, 3.63) is 94.4 Å². The van der Waals surface area contributed by atoms with E-state index in [-0.39, 0.29) is 11.9 Å². The molecule has 6 rings (SSSR count). The van der Waals surface area contributed by atoms with Crippen LogP contribution in [-0.4, -0.2) is 35.5 Å². The van der Waals surface area contributed by atoms with E-state index in [1.54, 1.807) is 7.11 Å². The monoisotopic (exact) mass is 527 g/mol. The number of fused-ring (bicyclic) bond motifs is 4. The molecule has 0 bridgehead atoms. The second kappa shape index (κ2) is 9.76. The summed E-state index contributed by atoms with van der Waals surface area (Å²) in [5.74, 6) is 2.24. The number of methoxy groups -OCH3 is 1. The summed E-state index contributed by atoms with van der Waals surface area (Å²) in [7, 11) is 1.61. The van der Waals surface area contributed by atoms with Crippen molar-refractivity contribution in [2.24, 2.45) is 11.0 Å². The van der Waals surface area contributed by atoms with Gasteiger partial charge in [-0.05, 0) is 53.1 Å². The van der Waals surface area contributed by atoms with Crippen molar-refractivity contribution in [3.63, 3.8) is 0 Å². The van der Waals surface area contributed by atoms with E-state index >= 15 is 0 Å². The Morgan fingerprint density at radius 3 is 2.71 bits per heavy atom. The average Bonchev–Trinajstić information content (AvgIpc) is 3.51. The van der Waals surface area contributed by atoms with E-state index in [0.717, 1.165) is 34.6 Å². The summed E-state index contributed by atoms with van der Waals surface area (Å²) in [4.78, 5) is 13.8. The number of rotatable bonds is 6. The smallest absolute Gasteiger partial charge is 0.336 e. The second-order valence-corrected chi connectivity index (χ2v) is 11.1. The molecule has 3 aliphatic heterocycles. The molecule has 0 aliphatic carbocycles. The van der Waals surface area contributed by atoms with Gasteiger partial charge in [0.25, 0.3) is 5.91 Å². The lowest BCUT2D eigenvalue weighted by Crippen LogP contribution is -2.58. The number of hydrogen-bond acceptors (Lipinski definition) is 7. The van der Waals surface area contributed by atoms with Crippen LogP contribution in [0.2, 0.25) is 0 Å². The molecule has 0 radical (unpaired) electrons. The van der Waals surface area contributed by atoms with Gasteiger partial charge >= 0.3 is 5.18 Å². The lowest BCUT2D eigenvalue weighted by molar-refractivity contribution is -0.127. The minimum Gasteiger partial charge on any atom is -0.493 e. The number of nitrogens with one attached hydrogen (secondary N) is 1. The summed E-state index contributed by atoms with van der Waals surface area (Å²) in [6.45, 7) is 4.79. The van der Waals surface area contributed by atoms with Crippen molar-refractivity contribution in [1.29, 1.82) is 0 Å². The normalized spacial score (nSPS) is 22.7. The quantitative estimate of drug-likeness (QED) is 0.409. The molecular formula is C30H29N3O4S. The number of hydrogen-bond donors (Lipinski definition) is 1. The van der Waals surface area contributed by atoms with Crippen LogP contribution in [0, 0.1) is 5.92 Å². The van der Waals surface area contributed by atoms with Crippen LogP contribution in [0.4, 0.5) is 0 Å². The van der Waals surface area contributed by atoms with E-state index < -0.39 is 5.18 Å². The van der Waals surface area contributed by atoms with Gasteiger partial charge in [0.1, 0.15) is 5.75 Å². The van der Waals surface area contributed by atoms with E-state index in [2.05, 4.69) is 37.4 Å². The van der Waals surface area contributed by atoms with Gasteiger partial charge in [0.05, 0.1) is 30.4 Å². The zero-order valence-corrected chi connectivity index (χ0v) is 22.3. The Hall–Kier alpha value is -3.91. The summed E-state index contributed by atoms with van der Waals surface area (Å²) in [5.41, 5.74) is 3.91. The fourth-order valence-corrected chi connectivity index (χ4v) is 6.02. The van der Waals surface area contributed by atoms with Crippen LogP contribution >= 0.6 is 11.8 Å². The number of thioether (sulfide) groups is 1. The molecule has 1 amide bonds. The molecule has 1 spiro atoms. The van der Waals surface area contributed by atoms with Gasteiger partial charge in [0.2, 0.25) is 0 Å². The van der Waals surface area contributed by atoms with Crippen LogP contribution in [0.5, 0.6) is 17.2 Å². The molecular weight excluding hydrogens is 498 g/mol. The Bertz CT molecular complexity index is 1440. The van der Waals surface area contributed by atoms with Gasteiger partial charge in [-0.2, -0.15) is 5.10 Å². The maximum atomic E-state index is 13.3. The Kier molecular flexibility index (Phi) is 6.27. The summed E-state index contributed by atoms with van der Waals surface area (Å²) in [6, 6.07) is 23.7. The van der Waals surface area contributed by atoms with Gasteiger partial charge < -0.3 is 14.2 Å². The number of ether oxygens (including phenoxy) is 3. The highest BCUT2D eigenvalue weighted by molar-refractivity contribution is 8.05. The largest absolute Gasteiger partial charge is 0.493 e. The Labute approximate surface area is 226 Å². The van der Waals surface area contributed by atoms with Gasteiger partial charge in [-0.1, -0.05) is 68.4 Å². The van der Waals surface area contributed by atoms with Crippen LogP contribution in [-0.2, 0) is 4.79 Å². The minimum absolute atomic E-state index is 0.0558. The molecule has 2 unspecified atom stereocenters. The Morgan fingerprint density at radius 2 is 1.92 bits per heavy atom. The SMILES string of the molecule is COc1cc(/C=C2\SC3(NC2=O)Oc2ccccc2C2CC(c4ccccc4)=NN23)ccc1OCC(C)C. The highest BCUT2D eigenvalue weighted by Crippen LogP contribution is 2.53. The summed E-state index contributed by atoms with van der Waals surface area (Å²) in [5, 5.41) is 8.81. The molecule has 1 fully saturated rings. The van der Waals surface area contributed by atoms with Crippen LogP contribution < -0.4 is 19.5 Å². The highest BCUT2D eigenvalue weighted by atomic mass is 32.2. The van der Waals surface area contributed by atoms with E-state index in [9.17, 15) is 4.79 Å². The number of nitrogens with zero attached hydrogens (tertiary/aromatic N) is 2. The molecule has 1 saturated heterocycles. The molecule has 3 aliphatic rings. The summed E-state index contributed by atoms with van der Waals surface area (Å²) in [6.07, 6.45) is 2.57. The standard InChI is InChI=1S/C30H29N3O4S/c1-19(2)18-36-26-14-13-20(15-27(26)35-3)16-28-29(34)31-30(38-28)33-24(22-11-7-8-12-25(22)37-30)17-23(32-33)21-9-5-4-6-10-21/h4-16,19,24H,17-18H2,1-3H3,(H,31,34)/b28-16-. The van der Waals surface area contributed by atoms with Crippen molar-refractivity contribution in [2.75, 3.05) is 13.7 Å². The van der Waals surface area contributed by atoms with Crippen LogP contribution in [0.25, 0.3) is 6.08 Å². The molecule has 0 saturated carbocycles. The molecule has 3 heterocycles. The lowest BCUT2D eigenvalue weighted by Gasteiger charge is -2.43. The zero-order chi connectivity index (χ0) is 26.3. The molecule has 3 aromatic carbocycles. The second-order valence-electron chi connectivity index (χ2n) is 9.88. The summed E-state index contributed by atoms with van der Waals surface area (Å²) >= 11 is 1.33. The number of carbonyl (C=O) groups is 1. The van der Waals surface area contributed by atoms with E-state index in [1.807, 2.05) is 65.7 Å². The fourth-order valence-electron chi connectivity index (χ4n) is 4.85. The first-order chi connectivity index (χ1) is 18.5. The van der Waals surface area contributed by atoms with Gasteiger partial charge in [-0.15, -0.1) is 0 Å².